The molecule has 0 rings (SSSR count). The molecule has 0 aromatic heterocycles. The highest BCUT2D eigenvalue weighted by Gasteiger charge is 2.54. The summed E-state index contributed by atoms with van der Waals surface area (Å²) in [5.74, 6) is -1.35. The van der Waals surface area contributed by atoms with Crippen LogP contribution in [0.5, 0.6) is 0 Å². The van der Waals surface area contributed by atoms with Crippen LogP contribution in [0.4, 0.5) is 0 Å². The van der Waals surface area contributed by atoms with Crippen LogP contribution in [0.25, 0.3) is 0 Å². The van der Waals surface area contributed by atoms with E-state index in [1.54, 1.807) is 21.3 Å². The standard InChI is InChI=1S/C19H42O6Si/c1-8-11-14-23-18(4,22-7)19(24-15-12-9-2,25-16-13-10-3)26-17(20-5)21-6/h17H,8-16,26H2,1-7H3. The van der Waals surface area contributed by atoms with Crippen molar-refractivity contribution in [2.75, 3.05) is 41.2 Å². The number of hydrogen-bond donors (Lipinski definition) is 0. The minimum atomic E-state index is -1.21. The van der Waals surface area contributed by atoms with Gasteiger partial charge in [-0.25, -0.2) is 0 Å². The second-order valence-electron chi connectivity index (χ2n) is 6.61. The van der Waals surface area contributed by atoms with Gasteiger partial charge in [0.05, 0.1) is 6.61 Å². The molecule has 0 bridgehead atoms. The Hall–Kier alpha value is -0.0231. The number of hydrogen-bond acceptors (Lipinski definition) is 6. The van der Waals surface area contributed by atoms with Crippen molar-refractivity contribution in [2.45, 2.75) is 83.3 Å². The average Bonchev–Trinajstić information content (AvgIpc) is 2.65. The van der Waals surface area contributed by atoms with Crippen LogP contribution >= 0.6 is 0 Å². The van der Waals surface area contributed by atoms with E-state index in [-0.39, 0.29) is 5.91 Å². The zero-order valence-electron chi connectivity index (χ0n) is 18.1. The minimum absolute atomic E-state index is 0.345. The second kappa shape index (κ2) is 15.0. The quantitative estimate of drug-likeness (QED) is 0.202. The van der Waals surface area contributed by atoms with Crippen molar-refractivity contribution in [3.63, 3.8) is 0 Å². The fourth-order valence-corrected chi connectivity index (χ4v) is 4.50. The van der Waals surface area contributed by atoms with Crippen LogP contribution < -0.4 is 0 Å². The van der Waals surface area contributed by atoms with E-state index < -0.39 is 20.7 Å². The Kier molecular flexibility index (Phi) is 15.0. The predicted molar refractivity (Wildman–Crippen MR) is 107 cm³/mol. The number of unbranched alkanes of at least 4 members (excludes halogenated alkanes) is 3. The highest BCUT2D eigenvalue weighted by molar-refractivity contribution is 6.40. The van der Waals surface area contributed by atoms with Crippen LogP contribution in [-0.4, -0.2) is 67.8 Å². The van der Waals surface area contributed by atoms with Gasteiger partial charge in [-0.05, 0) is 26.2 Å². The van der Waals surface area contributed by atoms with Crippen molar-refractivity contribution in [3.05, 3.63) is 0 Å². The van der Waals surface area contributed by atoms with Gasteiger partial charge in [0.2, 0.25) is 11.2 Å². The summed E-state index contributed by atoms with van der Waals surface area (Å²) in [5, 5.41) is 0. The van der Waals surface area contributed by atoms with Crippen LogP contribution in [0.15, 0.2) is 0 Å². The Labute approximate surface area is 163 Å². The normalized spacial score (nSPS) is 15.2. The minimum Gasteiger partial charge on any atom is -0.360 e. The molecule has 0 saturated carbocycles. The molecule has 26 heavy (non-hydrogen) atoms. The third kappa shape index (κ3) is 8.33. The van der Waals surface area contributed by atoms with E-state index in [2.05, 4.69) is 20.8 Å². The molecule has 0 radical (unpaired) electrons. The fourth-order valence-electron chi connectivity index (χ4n) is 2.59. The molecule has 1 unspecified atom stereocenters. The van der Waals surface area contributed by atoms with Gasteiger partial charge in [-0.2, -0.15) is 0 Å². The first kappa shape index (κ1) is 26.0. The molecule has 0 aliphatic carbocycles. The molecule has 0 fully saturated rings. The first-order valence-electron chi connectivity index (χ1n) is 10.0. The maximum atomic E-state index is 6.37. The fraction of sp³-hybridized carbons (Fsp3) is 1.00. The lowest BCUT2D eigenvalue weighted by molar-refractivity contribution is -0.365. The zero-order valence-corrected chi connectivity index (χ0v) is 19.5. The molecule has 0 spiro atoms. The average molecular weight is 395 g/mol. The maximum absolute atomic E-state index is 6.37. The van der Waals surface area contributed by atoms with E-state index in [9.17, 15) is 0 Å². The molecular formula is C19H42O6Si. The third-order valence-electron chi connectivity index (χ3n) is 4.58. The Bertz CT molecular complexity index is 317. The Morgan fingerprint density at radius 1 is 0.731 bits per heavy atom. The monoisotopic (exact) mass is 394 g/mol. The van der Waals surface area contributed by atoms with Crippen LogP contribution in [0.2, 0.25) is 0 Å². The van der Waals surface area contributed by atoms with Crippen molar-refractivity contribution >= 4 is 9.52 Å². The molecule has 0 aliphatic rings. The predicted octanol–water partition coefficient (Wildman–Crippen LogP) is 3.20. The summed E-state index contributed by atoms with van der Waals surface area (Å²) in [6, 6.07) is 0. The van der Waals surface area contributed by atoms with Crippen molar-refractivity contribution in [1.29, 1.82) is 0 Å². The Morgan fingerprint density at radius 3 is 1.50 bits per heavy atom. The van der Waals surface area contributed by atoms with Gasteiger partial charge < -0.3 is 28.4 Å². The van der Waals surface area contributed by atoms with Crippen molar-refractivity contribution in [2.24, 2.45) is 0 Å². The second-order valence-corrected chi connectivity index (χ2v) is 8.62. The molecule has 0 saturated heterocycles. The smallest absolute Gasteiger partial charge is 0.215 e. The molecule has 0 aliphatic heterocycles. The van der Waals surface area contributed by atoms with Crippen LogP contribution in [-0.2, 0) is 28.4 Å². The van der Waals surface area contributed by atoms with E-state index in [0.29, 0.717) is 19.8 Å². The topological polar surface area (TPSA) is 55.4 Å². The highest BCUT2D eigenvalue weighted by Crippen LogP contribution is 2.34. The van der Waals surface area contributed by atoms with Crippen LogP contribution in [0.1, 0.15) is 66.2 Å². The lowest BCUT2D eigenvalue weighted by atomic mass is 10.2. The SMILES string of the molecule is CCCCOC(C)(OC)C(OCCCC)(OCCCC)[SiH2]C(OC)OC. The van der Waals surface area contributed by atoms with Gasteiger partial charge in [0.1, 0.15) is 5.91 Å². The van der Waals surface area contributed by atoms with Gasteiger partial charge >= 0.3 is 0 Å². The van der Waals surface area contributed by atoms with E-state index in [1.165, 1.54) is 0 Å². The van der Waals surface area contributed by atoms with E-state index in [0.717, 1.165) is 38.5 Å². The van der Waals surface area contributed by atoms with Crippen LogP contribution in [0, 0.1) is 0 Å². The van der Waals surface area contributed by atoms with Gasteiger partial charge in [-0.1, -0.05) is 40.0 Å². The van der Waals surface area contributed by atoms with Crippen molar-refractivity contribution < 1.29 is 28.4 Å². The summed E-state index contributed by atoms with van der Waals surface area (Å²) < 4.78 is 35.8. The number of ether oxygens (including phenoxy) is 6. The number of methoxy groups -OCH3 is 3. The summed E-state index contributed by atoms with van der Waals surface area (Å²) >= 11 is 0. The molecular weight excluding hydrogens is 352 g/mol. The van der Waals surface area contributed by atoms with E-state index in [1.807, 2.05) is 6.92 Å². The molecule has 158 valence electrons. The molecule has 0 aromatic rings. The van der Waals surface area contributed by atoms with Crippen LogP contribution in [0.3, 0.4) is 0 Å². The van der Waals surface area contributed by atoms with Gasteiger partial charge in [0.25, 0.3) is 0 Å². The Balaban J connectivity index is 5.64. The summed E-state index contributed by atoms with van der Waals surface area (Å²) in [7, 11) is 3.73. The summed E-state index contributed by atoms with van der Waals surface area (Å²) in [6.45, 7) is 10.1. The largest absolute Gasteiger partial charge is 0.360 e. The van der Waals surface area contributed by atoms with Gasteiger partial charge in [0.15, 0.2) is 9.52 Å². The van der Waals surface area contributed by atoms with E-state index in [4.69, 9.17) is 28.4 Å². The lowest BCUT2D eigenvalue weighted by Gasteiger charge is -2.47. The highest BCUT2D eigenvalue weighted by atomic mass is 28.2. The van der Waals surface area contributed by atoms with Gasteiger partial charge in [-0.3, -0.25) is 0 Å². The summed E-state index contributed by atoms with van der Waals surface area (Å²) in [5.41, 5.74) is -0.976. The summed E-state index contributed by atoms with van der Waals surface area (Å²) in [4.78, 5) is 0. The van der Waals surface area contributed by atoms with E-state index >= 15 is 0 Å². The summed E-state index contributed by atoms with van der Waals surface area (Å²) in [6.07, 6.45) is 6.00. The molecule has 0 N–H and O–H groups in total. The molecule has 1 atom stereocenters. The first-order chi connectivity index (χ1) is 12.5. The zero-order chi connectivity index (χ0) is 19.9. The molecule has 0 amide bonds. The third-order valence-corrected chi connectivity index (χ3v) is 7.17. The molecule has 0 heterocycles. The van der Waals surface area contributed by atoms with Crippen molar-refractivity contribution in [3.8, 4) is 0 Å². The molecule has 0 aromatic carbocycles. The molecule has 6 nitrogen and oxygen atoms in total. The number of rotatable bonds is 18. The lowest BCUT2D eigenvalue weighted by Crippen LogP contribution is -2.65. The maximum Gasteiger partial charge on any atom is 0.215 e. The molecule has 7 heteroatoms. The van der Waals surface area contributed by atoms with Gasteiger partial charge in [-0.15, -0.1) is 0 Å². The Morgan fingerprint density at radius 2 is 1.15 bits per heavy atom. The first-order valence-corrected chi connectivity index (χ1v) is 11.5. The van der Waals surface area contributed by atoms with Crippen molar-refractivity contribution in [1.82, 2.24) is 0 Å². The van der Waals surface area contributed by atoms with Gasteiger partial charge in [0, 0.05) is 34.5 Å².